The zero-order valence-corrected chi connectivity index (χ0v) is 12.8. The quantitative estimate of drug-likeness (QED) is 0.831. The van der Waals surface area contributed by atoms with Crippen LogP contribution in [0.3, 0.4) is 0 Å². The first-order valence-electron chi connectivity index (χ1n) is 6.07. The summed E-state index contributed by atoms with van der Waals surface area (Å²) in [5.41, 5.74) is 1.06. The molecule has 3 rings (SSSR count). The molecule has 1 saturated carbocycles. The Balaban J connectivity index is 1.79. The second-order valence-electron chi connectivity index (χ2n) is 4.53. The molecule has 0 unspecified atom stereocenters. The van der Waals surface area contributed by atoms with E-state index in [-0.39, 0.29) is 0 Å². The number of tetrazole rings is 1. The predicted octanol–water partition coefficient (Wildman–Crippen LogP) is 2.76. The molecule has 1 aromatic heterocycles. The molecule has 0 amide bonds. The molecule has 0 saturated heterocycles. The molecular formula is C12H11BrN4O2S. The largest absolute Gasteiger partial charge is 0.478 e. The van der Waals surface area contributed by atoms with Gasteiger partial charge in [0.15, 0.2) is 0 Å². The Bertz CT molecular complexity index is 657. The number of aromatic carboxylic acids is 1. The number of aromatic nitrogens is 4. The molecular weight excluding hydrogens is 344 g/mol. The van der Waals surface area contributed by atoms with Gasteiger partial charge in [-0.15, -0.1) is 5.10 Å². The van der Waals surface area contributed by atoms with Crippen LogP contribution in [0.1, 0.15) is 34.8 Å². The minimum Gasteiger partial charge on any atom is -0.478 e. The van der Waals surface area contributed by atoms with Gasteiger partial charge in [0.1, 0.15) is 0 Å². The fourth-order valence-electron chi connectivity index (χ4n) is 1.86. The maximum absolute atomic E-state index is 11.2. The molecule has 1 N–H and O–H groups in total. The van der Waals surface area contributed by atoms with E-state index >= 15 is 0 Å². The topological polar surface area (TPSA) is 80.9 Å². The number of carboxylic acids is 1. The first-order valence-corrected chi connectivity index (χ1v) is 7.85. The molecule has 0 spiro atoms. The minimum atomic E-state index is -0.921. The normalized spacial score (nSPS) is 14.4. The van der Waals surface area contributed by atoms with E-state index in [9.17, 15) is 9.90 Å². The summed E-state index contributed by atoms with van der Waals surface area (Å²) >= 11 is 4.82. The van der Waals surface area contributed by atoms with Crippen LogP contribution in [0.25, 0.3) is 0 Å². The number of carbonyl (C=O) groups is 1. The molecule has 8 heteroatoms. The smallest absolute Gasteiger partial charge is 0.335 e. The Hall–Kier alpha value is -1.41. The third kappa shape index (κ3) is 2.85. The summed E-state index contributed by atoms with van der Waals surface area (Å²) in [5, 5.41) is 21.6. The zero-order valence-electron chi connectivity index (χ0n) is 10.4. The van der Waals surface area contributed by atoms with Crippen molar-refractivity contribution in [1.82, 2.24) is 20.2 Å². The van der Waals surface area contributed by atoms with E-state index in [0.29, 0.717) is 17.4 Å². The molecule has 1 fully saturated rings. The second-order valence-corrected chi connectivity index (χ2v) is 6.39. The first kappa shape index (κ1) is 13.6. The molecule has 20 heavy (non-hydrogen) atoms. The highest BCUT2D eigenvalue weighted by Crippen LogP contribution is 2.37. The van der Waals surface area contributed by atoms with Gasteiger partial charge in [0.2, 0.25) is 5.16 Å². The highest BCUT2D eigenvalue weighted by Gasteiger charge is 2.28. The Morgan fingerprint density at radius 3 is 3.00 bits per heavy atom. The van der Waals surface area contributed by atoms with Crippen molar-refractivity contribution in [3.8, 4) is 0 Å². The number of carboxylic acid groups (broad SMARTS) is 1. The van der Waals surface area contributed by atoms with Gasteiger partial charge in [-0.3, -0.25) is 0 Å². The molecule has 2 aromatic rings. The van der Waals surface area contributed by atoms with Gasteiger partial charge in [-0.1, -0.05) is 27.7 Å². The first-order chi connectivity index (χ1) is 9.65. The molecule has 0 radical (unpaired) electrons. The van der Waals surface area contributed by atoms with E-state index < -0.39 is 5.97 Å². The average Bonchev–Trinajstić information content (AvgIpc) is 3.15. The Morgan fingerprint density at radius 2 is 2.30 bits per heavy atom. The lowest BCUT2D eigenvalue weighted by Crippen LogP contribution is -2.03. The van der Waals surface area contributed by atoms with Gasteiger partial charge in [0, 0.05) is 10.2 Å². The highest BCUT2D eigenvalue weighted by atomic mass is 79.9. The van der Waals surface area contributed by atoms with Crippen molar-refractivity contribution in [3.05, 3.63) is 33.8 Å². The summed E-state index contributed by atoms with van der Waals surface area (Å²) in [5.74, 6) is -0.399. The standard InChI is InChI=1S/C12H11BrN4O2S/c13-8-1-4-10(11(18)19)7(5-8)6-20-12-14-15-16-17(12)9-2-3-9/h1,4-5,9H,2-3,6H2,(H,18,19). The van der Waals surface area contributed by atoms with E-state index in [2.05, 4.69) is 31.5 Å². The molecule has 6 nitrogen and oxygen atoms in total. The number of nitrogens with zero attached hydrogens (tertiary/aromatic N) is 4. The number of thioether (sulfide) groups is 1. The van der Waals surface area contributed by atoms with Crippen molar-refractivity contribution < 1.29 is 9.90 Å². The summed E-state index contributed by atoms with van der Waals surface area (Å²) in [7, 11) is 0. The van der Waals surface area contributed by atoms with Crippen molar-refractivity contribution in [1.29, 1.82) is 0 Å². The number of hydrogen-bond acceptors (Lipinski definition) is 5. The van der Waals surface area contributed by atoms with E-state index in [1.165, 1.54) is 11.8 Å². The van der Waals surface area contributed by atoms with Crippen LogP contribution in [0.4, 0.5) is 0 Å². The zero-order chi connectivity index (χ0) is 14.1. The Labute approximate surface area is 127 Å². The lowest BCUT2D eigenvalue weighted by atomic mass is 10.1. The SMILES string of the molecule is O=C(O)c1ccc(Br)cc1CSc1nnnn1C1CC1. The lowest BCUT2D eigenvalue weighted by Gasteiger charge is -2.06. The number of halogens is 1. The third-order valence-electron chi connectivity index (χ3n) is 3.01. The molecule has 1 heterocycles. The average molecular weight is 355 g/mol. The van der Waals surface area contributed by atoms with Gasteiger partial charge < -0.3 is 5.11 Å². The van der Waals surface area contributed by atoms with E-state index in [0.717, 1.165) is 28.0 Å². The molecule has 1 aliphatic rings. The summed E-state index contributed by atoms with van der Waals surface area (Å²) in [4.78, 5) is 11.2. The molecule has 1 aliphatic carbocycles. The summed E-state index contributed by atoms with van der Waals surface area (Å²) in [6, 6.07) is 5.56. The molecule has 0 aliphatic heterocycles. The van der Waals surface area contributed by atoms with E-state index in [4.69, 9.17) is 0 Å². The molecule has 0 bridgehead atoms. The van der Waals surface area contributed by atoms with Gasteiger partial charge in [-0.25, -0.2) is 9.48 Å². The Kier molecular flexibility index (Phi) is 3.75. The summed E-state index contributed by atoms with van der Waals surface area (Å²) in [6.45, 7) is 0. The van der Waals surface area contributed by atoms with Crippen molar-refractivity contribution >= 4 is 33.7 Å². The van der Waals surface area contributed by atoms with E-state index in [1.54, 1.807) is 12.1 Å². The van der Waals surface area contributed by atoms with Gasteiger partial charge in [-0.2, -0.15) is 0 Å². The maximum Gasteiger partial charge on any atom is 0.335 e. The Morgan fingerprint density at radius 1 is 1.50 bits per heavy atom. The van der Waals surface area contributed by atoms with E-state index in [1.807, 2.05) is 10.7 Å². The number of hydrogen-bond donors (Lipinski definition) is 1. The van der Waals surface area contributed by atoms with Crippen molar-refractivity contribution in [3.63, 3.8) is 0 Å². The van der Waals surface area contributed by atoms with Crippen LogP contribution in [0.2, 0.25) is 0 Å². The second kappa shape index (κ2) is 5.53. The van der Waals surface area contributed by atoms with Gasteiger partial charge in [0.05, 0.1) is 11.6 Å². The van der Waals surface area contributed by atoms with Crippen LogP contribution in [-0.2, 0) is 5.75 Å². The lowest BCUT2D eigenvalue weighted by molar-refractivity contribution is 0.0696. The van der Waals surface area contributed by atoms with Crippen molar-refractivity contribution in [2.45, 2.75) is 29.8 Å². The number of benzene rings is 1. The van der Waals surface area contributed by atoms with Gasteiger partial charge in [0.25, 0.3) is 0 Å². The maximum atomic E-state index is 11.2. The molecule has 1 aromatic carbocycles. The molecule has 104 valence electrons. The molecule has 0 atom stereocenters. The van der Waals surface area contributed by atoms with Crippen LogP contribution < -0.4 is 0 Å². The predicted molar refractivity (Wildman–Crippen MR) is 76.8 cm³/mol. The summed E-state index contributed by atoms with van der Waals surface area (Å²) in [6.07, 6.45) is 2.21. The van der Waals surface area contributed by atoms with Crippen LogP contribution in [0.15, 0.2) is 27.8 Å². The van der Waals surface area contributed by atoms with Gasteiger partial charge in [-0.05, 0) is 47.0 Å². The van der Waals surface area contributed by atoms with Crippen molar-refractivity contribution in [2.24, 2.45) is 0 Å². The van der Waals surface area contributed by atoms with Crippen LogP contribution >= 0.6 is 27.7 Å². The van der Waals surface area contributed by atoms with Crippen molar-refractivity contribution in [2.75, 3.05) is 0 Å². The van der Waals surface area contributed by atoms with Crippen LogP contribution in [-0.4, -0.2) is 31.3 Å². The minimum absolute atomic E-state index is 0.311. The fraction of sp³-hybridized carbons (Fsp3) is 0.333. The van der Waals surface area contributed by atoms with Crippen LogP contribution in [0, 0.1) is 0 Å². The third-order valence-corrected chi connectivity index (χ3v) is 4.49. The van der Waals surface area contributed by atoms with Gasteiger partial charge >= 0.3 is 5.97 Å². The highest BCUT2D eigenvalue weighted by molar-refractivity contribution is 9.10. The summed E-state index contributed by atoms with van der Waals surface area (Å²) < 4.78 is 2.68. The fourth-order valence-corrected chi connectivity index (χ4v) is 3.21. The monoisotopic (exact) mass is 354 g/mol. The van der Waals surface area contributed by atoms with Crippen LogP contribution in [0.5, 0.6) is 0 Å². The number of rotatable bonds is 5.